The van der Waals surface area contributed by atoms with Gasteiger partial charge in [-0.3, -0.25) is 4.79 Å². The molecule has 0 N–H and O–H groups in total. The lowest BCUT2D eigenvalue weighted by molar-refractivity contribution is 0.101. The van der Waals surface area contributed by atoms with E-state index in [1.165, 1.54) is 19.1 Å². The highest BCUT2D eigenvalue weighted by Gasteiger charge is 2.13. The van der Waals surface area contributed by atoms with Crippen molar-refractivity contribution in [2.75, 3.05) is 18.0 Å². The molecule has 0 bridgehead atoms. The lowest BCUT2D eigenvalue weighted by atomic mass is 10.1. The molecule has 0 saturated carbocycles. The highest BCUT2D eigenvalue weighted by Crippen LogP contribution is 2.22. The van der Waals surface area contributed by atoms with E-state index in [1.807, 2.05) is 4.90 Å². The molecule has 0 aliphatic rings. The van der Waals surface area contributed by atoms with Crippen LogP contribution in [0.25, 0.3) is 0 Å². The van der Waals surface area contributed by atoms with E-state index in [-0.39, 0.29) is 5.78 Å². The summed E-state index contributed by atoms with van der Waals surface area (Å²) in [7, 11) is 0. The number of carbonyl (C=O) groups excluding carboxylic acids is 1. The fourth-order valence-corrected chi connectivity index (χ4v) is 1.65. The molecule has 0 unspecified atom stereocenters. The number of carbonyl (C=O) groups is 1. The molecular weight excluding hydrogens is 217 g/mol. The summed E-state index contributed by atoms with van der Waals surface area (Å²) in [5, 5.41) is 0. The molecule has 0 saturated heterocycles. The highest BCUT2D eigenvalue weighted by molar-refractivity contribution is 5.99. The lowest BCUT2D eigenvalue weighted by Gasteiger charge is -2.23. The lowest BCUT2D eigenvalue weighted by Crippen LogP contribution is -2.25. The molecule has 90 valence electrons. The summed E-state index contributed by atoms with van der Waals surface area (Å²) in [6.07, 6.45) is 3.47. The topological polar surface area (TPSA) is 20.3 Å². The molecule has 0 fully saturated rings. The molecular formula is C14H16FNO. The first-order valence-corrected chi connectivity index (χ1v) is 5.37. The van der Waals surface area contributed by atoms with Crippen molar-refractivity contribution in [2.24, 2.45) is 0 Å². The Kier molecular flexibility index (Phi) is 4.64. The van der Waals surface area contributed by atoms with E-state index < -0.39 is 5.82 Å². The molecule has 0 radical (unpaired) electrons. The molecule has 1 aromatic carbocycles. The van der Waals surface area contributed by atoms with E-state index in [0.717, 1.165) is 0 Å². The molecule has 0 atom stereocenters. The van der Waals surface area contributed by atoms with E-state index in [9.17, 15) is 9.18 Å². The van der Waals surface area contributed by atoms with Crippen LogP contribution >= 0.6 is 0 Å². The number of hydrogen-bond donors (Lipinski definition) is 0. The minimum Gasteiger partial charge on any atom is -0.364 e. The second-order valence-corrected chi connectivity index (χ2v) is 3.70. The Morgan fingerprint density at radius 1 is 1.35 bits per heavy atom. The predicted molar refractivity (Wildman–Crippen MR) is 69.0 cm³/mol. The third-order valence-electron chi connectivity index (χ3n) is 2.38. The Morgan fingerprint density at radius 3 is 2.41 bits per heavy atom. The minimum absolute atomic E-state index is 0.155. The van der Waals surface area contributed by atoms with Crippen LogP contribution in [-0.4, -0.2) is 18.9 Å². The smallest absolute Gasteiger partial charge is 0.161 e. The minimum atomic E-state index is -0.406. The van der Waals surface area contributed by atoms with Crippen molar-refractivity contribution in [1.29, 1.82) is 0 Å². The Hall–Kier alpha value is -1.90. The van der Waals surface area contributed by atoms with Crippen molar-refractivity contribution in [1.82, 2.24) is 0 Å². The molecule has 0 aliphatic heterocycles. The number of anilines is 1. The van der Waals surface area contributed by atoms with Gasteiger partial charge in [-0.15, -0.1) is 13.2 Å². The zero-order chi connectivity index (χ0) is 12.8. The Labute approximate surface area is 101 Å². The van der Waals surface area contributed by atoms with Crippen molar-refractivity contribution < 1.29 is 9.18 Å². The van der Waals surface area contributed by atoms with E-state index in [1.54, 1.807) is 18.2 Å². The Bertz CT molecular complexity index is 430. The summed E-state index contributed by atoms with van der Waals surface area (Å²) in [6.45, 7) is 9.92. The molecule has 0 aliphatic carbocycles. The maximum absolute atomic E-state index is 13.1. The first-order chi connectivity index (χ1) is 8.10. The molecule has 1 aromatic rings. The molecule has 2 nitrogen and oxygen atoms in total. The van der Waals surface area contributed by atoms with Crippen LogP contribution in [0.15, 0.2) is 43.5 Å². The van der Waals surface area contributed by atoms with Gasteiger partial charge in [-0.2, -0.15) is 0 Å². The number of ketones is 1. The van der Waals surface area contributed by atoms with Crippen molar-refractivity contribution in [3.8, 4) is 0 Å². The second kappa shape index (κ2) is 5.99. The van der Waals surface area contributed by atoms with E-state index in [2.05, 4.69) is 13.2 Å². The number of benzene rings is 1. The summed E-state index contributed by atoms with van der Waals surface area (Å²) in [5.41, 5.74) is 1.09. The number of Topliss-reactive ketones (excluding diaryl/α,β-unsaturated/α-hetero) is 1. The van der Waals surface area contributed by atoms with Gasteiger partial charge in [-0.1, -0.05) is 12.2 Å². The third kappa shape index (κ3) is 3.28. The molecule has 3 heteroatoms. The fraction of sp³-hybridized carbons (Fsp3) is 0.214. The standard InChI is InChI=1S/C14H16FNO/c1-4-8-16(9-5-2)14-7-6-12(15)10-13(14)11(3)17/h4-7,10H,1-2,8-9H2,3H3. The molecule has 0 heterocycles. The first-order valence-electron chi connectivity index (χ1n) is 5.37. The van der Waals surface area contributed by atoms with Crippen molar-refractivity contribution in [3.63, 3.8) is 0 Å². The Balaban J connectivity index is 3.20. The van der Waals surface area contributed by atoms with Crippen LogP contribution in [0.5, 0.6) is 0 Å². The number of nitrogens with zero attached hydrogens (tertiary/aromatic N) is 1. The van der Waals surface area contributed by atoms with Crippen LogP contribution in [0.4, 0.5) is 10.1 Å². The van der Waals surface area contributed by atoms with Crippen LogP contribution in [0.1, 0.15) is 17.3 Å². The van der Waals surface area contributed by atoms with Gasteiger partial charge in [0.25, 0.3) is 0 Å². The van der Waals surface area contributed by atoms with Gasteiger partial charge in [-0.25, -0.2) is 4.39 Å². The highest BCUT2D eigenvalue weighted by atomic mass is 19.1. The van der Waals surface area contributed by atoms with Crippen LogP contribution in [0, 0.1) is 5.82 Å². The van der Waals surface area contributed by atoms with Gasteiger partial charge in [0.1, 0.15) is 5.82 Å². The van der Waals surface area contributed by atoms with E-state index in [0.29, 0.717) is 24.3 Å². The van der Waals surface area contributed by atoms with Crippen LogP contribution < -0.4 is 4.90 Å². The average molecular weight is 233 g/mol. The maximum Gasteiger partial charge on any atom is 0.161 e. The van der Waals surface area contributed by atoms with E-state index in [4.69, 9.17) is 0 Å². The third-order valence-corrected chi connectivity index (χ3v) is 2.38. The monoisotopic (exact) mass is 233 g/mol. The number of halogens is 1. The quantitative estimate of drug-likeness (QED) is 0.555. The summed E-state index contributed by atoms with van der Waals surface area (Å²) in [6, 6.07) is 4.22. The Morgan fingerprint density at radius 2 is 1.94 bits per heavy atom. The van der Waals surface area contributed by atoms with Crippen LogP contribution in [-0.2, 0) is 0 Å². The van der Waals surface area contributed by atoms with Gasteiger partial charge in [0.2, 0.25) is 0 Å². The van der Waals surface area contributed by atoms with Crippen LogP contribution in [0.3, 0.4) is 0 Å². The molecule has 0 amide bonds. The van der Waals surface area contributed by atoms with Gasteiger partial charge in [0, 0.05) is 24.3 Å². The van der Waals surface area contributed by atoms with E-state index >= 15 is 0 Å². The second-order valence-electron chi connectivity index (χ2n) is 3.70. The first kappa shape index (κ1) is 13.2. The largest absolute Gasteiger partial charge is 0.364 e. The van der Waals surface area contributed by atoms with Gasteiger partial charge in [0.05, 0.1) is 0 Å². The summed E-state index contributed by atoms with van der Waals surface area (Å²) in [5.74, 6) is -0.561. The number of rotatable bonds is 6. The van der Waals surface area contributed by atoms with Gasteiger partial charge >= 0.3 is 0 Å². The molecule has 1 rings (SSSR count). The summed E-state index contributed by atoms with van der Waals surface area (Å²) < 4.78 is 13.1. The van der Waals surface area contributed by atoms with Gasteiger partial charge in [-0.05, 0) is 25.1 Å². The van der Waals surface area contributed by atoms with Crippen molar-refractivity contribution in [3.05, 3.63) is 54.9 Å². The molecule has 0 aromatic heterocycles. The van der Waals surface area contributed by atoms with Crippen molar-refractivity contribution in [2.45, 2.75) is 6.92 Å². The predicted octanol–water partition coefficient (Wildman–Crippen LogP) is 3.21. The summed E-state index contributed by atoms with van der Waals surface area (Å²) in [4.78, 5) is 13.4. The normalized spacial score (nSPS) is 9.76. The average Bonchev–Trinajstić information content (AvgIpc) is 2.28. The van der Waals surface area contributed by atoms with Crippen LogP contribution in [0.2, 0.25) is 0 Å². The van der Waals surface area contributed by atoms with Gasteiger partial charge < -0.3 is 4.90 Å². The zero-order valence-corrected chi connectivity index (χ0v) is 9.95. The maximum atomic E-state index is 13.1. The van der Waals surface area contributed by atoms with Gasteiger partial charge in [0.15, 0.2) is 5.78 Å². The summed E-state index contributed by atoms with van der Waals surface area (Å²) >= 11 is 0. The van der Waals surface area contributed by atoms with Crippen molar-refractivity contribution >= 4 is 11.5 Å². The zero-order valence-electron chi connectivity index (χ0n) is 9.95. The fourth-order valence-electron chi connectivity index (χ4n) is 1.65. The number of hydrogen-bond acceptors (Lipinski definition) is 2. The SMILES string of the molecule is C=CCN(CC=C)c1ccc(F)cc1C(C)=O. The molecule has 17 heavy (non-hydrogen) atoms. The molecule has 0 spiro atoms.